The van der Waals surface area contributed by atoms with Gasteiger partial charge in [-0.3, -0.25) is 19.5 Å². The molecule has 2 heterocycles. The fourth-order valence-corrected chi connectivity index (χ4v) is 3.32. The Hall–Kier alpha value is -4.08. The third-order valence-electron chi connectivity index (χ3n) is 4.80. The van der Waals surface area contributed by atoms with Crippen LogP contribution in [0.2, 0.25) is 0 Å². The summed E-state index contributed by atoms with van der Waals surface area (Å²) in [6, 6.07) is 11.3. The van der Waals surface area contributed by atoms with Crippen LogP contribution in [-0.2, 0) is 13.1 Å². The largest absolute Gasteiger partial charge is 0.337 e. The monoisotopic (exact) mass is 409 g/mol. The van der Waals surface area contributed by atoms with Crippen LogP contribution < -0.4 is 11.2 Å². The van der Waals surface area contributed by atoms with Crippen LogP contribution in [0.5, 0.6) is 0 Å². The molecular formula is C20H16FN5O4. The minimum atomic E-state index is -0.567. The molecule has 0 unspecified atom stereocenters. The first-order chi connectivity index (χ1) is 14.4. The van der Waals surface area contributed by atoms with E-state index in [1.807, 2.05) is 0 Å². The molecule has 0 aliphatic heterocycles. The molecular weight excluding hydrogens is 393 g/mol. The van der Waals surface area contributed by atoms with Crippen molar-refractivity contribution in [2.45, 2.75) is 20.0 Å². The maximum absolute atomic E-state index is 13.3. The van der Waals surface area contributed by atoms with E-state index in [1.54, 1.807) is 23.6 Å². The fourth-order valence-electron chi connectivity index (χ4n) is 3.32. The highest BCUT2D eigenvalue weighted by molar-refractivity contribution is 5.72. The Bertz CT molecular complexity index is 1370. The van der Waals surface area contributed by atoms with Crippen LogP contribution in [0.15, 0.2) is 64.4 Å². The number of non-ortho nitro benzene ring substituents is 1. The lowest BCUT2D eigenvalue weighted by Crippen LogP contribution is -2.39. The first-order valence-electron chi connectivity index (χ1n) is 9.10. The Morgan fingerprint density at radius 1 is 1.07 bits per heavy atom. The highest BCUT2D eigenvalue weighted by atomic mass is 19.1. The molecule has 0 N–H and O–H groups in total. The first-order valence-corrected chi connectivity index (χ1v) is 9.10. The summed E-state index contributed by atoms with van der Waals surface area (Å²) in [6.07, 6.45) is 1.44. The predicted octanol–water partition coefficient (Wildman–Crippen LogP) is 2.46. The number of nitro groups is 1. The van der Waals surface area contributed by atoms with Gasteiger partial charge in [-0.2, -0.15) is 0 Å². The molecule has 0 aliphatic rings. The molecule has 9 nitrogen and oxygen atoms in total. The summed E-state index contributed by atoms with van der Waals surface area (Å²) in [4.78, 5) is 40.5. The number of fused-ring (bicyclic) bond motifs is 1. The minimum absolute atomic E-state index is 0.0345. The van der Waals surface area contributed by atoms with Crippen LogP contribution in [0.25, 0.3) is 16.9 Å². The van der Waals surface area contributed by atoms with Crippen molar-refractivity contribution in [1.29, 1.82) is 0 Å². The smallest absolute Gasteiger partial charge is 0.320 e. The van der Waals surface area contributed by atoms with Crippen molar-refractivity contribution in [1.82, 2.24) is 18.7 Å². The number of hydrogen-bond acceptors (Lipinski definition) is 5. The summed E-state index contributed by atoms with van der Waals surface area (Å²) in [5, 5.41) is 10.8. The van der Waals surface area contributed by atoms with Crippen LogP contribution in [-0.4, -0.2) is 23.6 Å². The Morgan fingerprint density at radius 2 is 1.73 bits per heavy atom. The van der Waals surface area contributed by atoms with Gasteiger partial charge in [-0.25, -0.2) is 18.7 Å². The number of benzene rings is 2. The van der Waals surface area contributed by atoms with Gasteiger partial charge < -0.3 is 4.57 Å². The van der Waals surface area contributed by atoms with Gasteiger partial charge in [0.1, 0.15) is 5.82 Å². The van der Waals surface area contributed by atoms with Crippen LogP contribution in [0.1, 0.15) is 12.5 Å². The van der Waals surface area contributed by atoms with E-state index in [-0.39, 0.29) is 29.9 Å². The molecule has 0 atom stereocenters. The second-order valence-electron chi connectivity index (χ2n) is 6.61. The summed E-state index contributed by atoms with van der Waals surface area (Å²) >= 11 is 0. The van der Waals surface area contributed by atoms with Crippen LogP contribution in [0.3, 0.4) is 0 Å². The molecule has 0 aliphatic carbocycles. The normalized spacial score (nSPS) is 11.1. The van der Waals surface area contributed by atoms with Gasteiger partial charge in [-0.15, -0.1) is 0 Å². The van der Waals surface area contributed by atoms with E-state index in [0.29, 0.717) is 5.69 Å². The molecule has 0 amide bonds. The highest BCUT2D eigenvalue weighted by Crippen LogP contribution is 2.17. The second-order valence-corrected chi connectivity index (χ2v) is 6.61. The zero-order valence-corrected chi connectivity index (χ0v) is 15.9. The van der Waals surface area contributed by atoms with Crippen molar-refractivity contribution in [2.24, 2.45) is 0 Å². The fraction of sp³-hybridized carbons (Fsp3) is 0.150. The molecule has 4 rings (SSSR count). The molecule has 152 valence electrons. The van der Waals surface area contributed by atoms with Gasteiger partial charge in [0.05, 0.1) is 16.9 Å². The van der Waals surface area contributed by atoms with Crippen molar-refractivity contribution in [3.8, 4) is 5.69 Å². The van der Waals surface area contributed by atoms with E-state index in [9.17, 15) is 24.1 Å². The lowest BCUT2D eigenvalue weighted by Gasteiger charge is -2.11. The maximum atomic E-state index is 13.3. The molecule has 10 heteroatoms. The first kappa shape index (κ1) is 19.2. The summed E-state index contributed by atoms with van der Waals surface area (Å²) < 4.78 is 17.3. The summed E-state index contributed by atoms with van der Waals surface area (Å²) in [5.74, 6) is -0.449. The number of hydrogen-bond donors (Lipinski definition) is 0. The Labute approximate surface area is 168 Å². The van der Waals surface area contributed by atoms with Crippen LogP contribution in [0.4, 0.5) is 10.1 Å². The van der Waals surface area contributed by atoms with E-state index in [2.05, 4.69) is 4.98 Å². The molecule has 0 bridgehead atoms. The average molecular weight is 409 g/mol. The number of nitrogens with zero attached hydrogens (tertiary/aromatic N) is 5. The van der Waals surface area contributed by atoms with Gasteiger partial charge in [-0.05, 0) is 36.8 Å². The van der Waals surface area contributed by atoms with Gasteiger partial charge in [0.2, 0.25) is 0 Å². The molecule has 2 aromatic heterocycles. The average Bonchev–Trinajstić information content (AvgIpc) is 3.13. The lowest BCUT2D eigenvalue weighted by atomic mass is 10.2. The molecule has 2 aromatic carbocycles. The molecule has 0 fully saturated rings. The van der Waals surface area contributed by atoms with Crippen molar-refractivity contribution >= 4 is 16.9 Å². The highest BCUT2D eigenvalue weighted by Gasteiger charge is 2.19. The Morgan fingerprint density at radius 3 is 2.33 bits per heavy atom. The van der Waals surface area contributed by atoms with Crippen LogP contribution in [0, 0.1) is 15.9 Å². The third kappa shape index (κ3) is 3.17. The molecule has 0 radical (unpaired) electrons. The number of halogens is 1. The summed E-state index contributed by atoms with van der Waals surface area (Å²) in [5.41, 5.74) is 0.378. The standard InChI is InChI=1S/C20H16FN5O4/c1-2-24-19(27)17-18(25(20(24)28)15-9-5-14(21)6-10-15)22-12-23(17)11-13-3-7-16(8-4-13)26(29)30/h3-10,12H,2,11H2,1H3. The van der Waals surface area contributed by atoms with Crippen molar-refractivity contribution in [3.63, 3.8) is 0 Å². The molecule has 4 aromatic rings. The number of imidazole rings is 1. The van der Waals surface area contributed by atoms with E-state index in [1.165, 1.54) is 47.3 Å². The van der Waals surface area contributed by atoms with E-state index >= 15 is 0 Å². The quantitative estimate of drug-likeness (QED) is 0.372. The van der Waals surface area contributed by atoms with E-state index < -0.39 is 22.0 Å². The van der Waals surface area contributed by atoms with Gasteiger partial charge in [0.15, 0.2) is 11.2 Å². The van der Waals surface area contributed by atoms with E-state index in [4.69, 9.17) is 0 Å². The predicted molar refractivity (Wildman–Crippen MR) is 107 cm³/mol. The SMILES string of the molecule is CCn1c(=O)c2c(ncn2Cc2ccc([N+](=O)[O-])cc2)n(-c2ccc(F)cc2)c1=O. The number of nitro benzene ring substituents is 1. The maximum Gasteiger partial charge on any atom is 0.337 e. The topological polar surface area (TPSA) is 105 Å². The van der Waals surface area contributed by atoms with Crippen molar-refractivity contribution in [2.75, 3.05) is 0 Å². The van der Waals surface area contributed by atoms with Crippen molar-refractivity contribution in [3.05, 3.63) is 97.2 Å². The molecule has 0 spiro atoms. The van der Waals surface area contributed by atoms with Crippen molar-refractivity contribution < 1.29 is 9.31 Å². The second kappa shape index (κ2) is 7.39. The zero-order valence-electron chi connectivity index (χ0n) is 15.9. The lowest BCUT2D eigenvalue weighted by molar-refractivity contribution is -0.384. The molecule has 0 saturated carbocycles. The zero-order chi connectivity index (χ0) is 21.4. The van der Waals surface area contributed by atoms with Gasteiger partial charge in [-0.1, -0.05) is 12.1 Å². The van der Waals surface area contributed by atoms with Gasteiger partial charge in [0.25, 0.3) is 11.2 Å². The summed E-state index contributed by atoms with van der Waals surface area (Å²) in [6.45, 7) is 2.06. The Balaban J connectivity index is 1.90. The molecule has 0 saturated heterocycles. The molecule has 30 heavy (non-hydrogen) atoms. The van der Waals surface area contributed by atoms with Crippen LogP contribution >= 0.6 is 0 Å². The van der Waals surface area contributed by atoms with Gasteiger partial charge in [0, 0.05) is 25.2 Å². The number of aromatic nitrogens is 4. The third-order valence-corrected chi connectivity index (χ3v) is 4.80. The summed E-state index contributed by atoms with van der Waals surface area (Å²) in [7, 11) is 0. The van der Waals surface area contributed by atoms with E-state index in [0.717, 1.165) is 10.1 Å². The van der Waals surface area contributed by atoms with Gasteiger partial charge >= 0.3 is 5.69 Å². The Kier molecular flexibility index (Phi) is 4.74. The number of rotatable bonds is 5. The minimum Gasteiger partial charge on any atom is -0.320 e.